The van der Waals surface area contributed by atoms with Crippen molar-refractivity contribution in [1.29, 1.82) is 0 Å². The molecule has 0 aliphatic rings. The van der Waals surface area contributed by atoms with Crippen LogP contribution in [-0.4, -0.2) is 10.7 Å². The lowest BCUT2D eigenvalue weighted by Crippen LogP contribution is -2.35. The van der Waals surface area contributed by atoms with Gasteiger partial charge in [-0.1, -0.05) is 30.3 Å². The van der Waals surface area contributed by atoms with Crippen LogP contribution in [0.1, 0.15) is 44.7 Å². The molecule has 1 N–H and O–H groups in total. The van der Waals surface area contributed by atoms with Crippen molar-refractivity contribution in [1.82, 2.24) is 10.5 Å². The lowest BCUT2D eigenvalue weighted by Gasteiger charge is -2.19. The van der Waals surface area contributed by atoms with Gasteiger partial charge < -0.3 is 14.6 Å². The highest BCUT2D eigenvalue weighted by atomic mass is 16.5. The summed E-state index contributed by atoms with van der Waals surface area (Å²) in [5.41, 5.74) is 2.16. The largest absolute Gasteiger partial charge is 0.485 e. The van der Waals surface area contributed by atoms with Gasteiger partial charge in [0.1, 0.15) is 12.4 Å². The van der Waals surface area contributed by atoms with E-state index in [1.807, 2.05) is 24.3 Å². The molecule has 4 heteroatoms. The van der Waals surface area contributed by atoms with E-state index in [4.69, 9.17) is 9.26 Å². The first-order valence-corrected chi connectivity index (χ1v) is 7.38. The molecule has 1 aromatic carbocycles. The maximum atomic E-state index is 5.82. The normalized spacial score (nSPS) is 11.6. The summed E-state index contributed by atoms with van der Waals surface area (Å²) in [6.07, 6.45) is 0.952. The SMILES string of the molecule is CCc1ccccc1OCc1cc(CNC(C)(C)C)no1. The standard InChI is InChI=1S/C17H24N2O2/c1-5-13-8-6-7-9-16(13)20-12-15-10-14(19-21-15)11-18-17(2,3)4/h6-10,18H,5,11-12H2,1-4H3. The van der Waals surface area contributed by atoms with Crippen molar-refractivity contribution >= 4 is 0 Å². The van der Waals surface area contributed by atoms with Crippen LogP contribution in [0.25, 0.3) is 0 Å². The van der Waals surface area contributed by atoms with E-state index < -0.39 is 0 Å². The lowest BCUT2D eigenvalue weighted by molar-refractivity contribution is 0.246. The predicted molar refractivity (Wildman–Crippen MR) is 83.2 cm³/mol. The highest BCUT2D eigenvalue weighted by molar-refractivity contribution is 5.33. The summed E-state index contributed by atoms with van der Waals surface area (Å²) in [5.74, 6) is 1.65. The molecule has 0 fully saturated rings. The molecule has 0 saturated carbocycles. The Morgan fingerprint density at radius 1 is 1.24 bits per heavy atom. The molecular formula is C17H24N2O2. The number of hydrogen-bond acceptors (Lipinski definition) is 4. The number of aromatic nitrogens is 1. The van der Waals surface area contributed by atoms with Crippen molar-refractivity contribution in [2.24, 2.45) is 0 Å². The molecule has 21 heavy (non-hydrogen) atoms. The van der Waals surface area contributed by atoms with E-state index in [9.17, 15) is 0 Å². The molecule has 1 aromatic heterocycles. The number of ether oxygens (including phenoxy) is 1. The number of nitrogens with zero attached hydrogens (tertiary/aromatic N) is 1. The summed E-state index contributed by atoms with van der Waals surface area (Å²) in [6.45, 7) is 9.58. The molecular weight excluding hydrogens is 264 g/mol. The maximum Gasteiger partial charge on any atom is 0.174 e. The minimum absolute atomic E-state index is 0.0652. The van der Waals surface area contributed by atoms with E-state index >= 15 is 0 Å². The number of rotatable bonds is 6. The van der Waals surface area contributed by atoms with Crippen LogP contribution in [-0.2, 0) is 19.6 Å². The van der Waals surface area contributed by atoms with Crippen molar-refractivity contribution in [3.05, 3.63) is 47.3 Å². The zero-order valence-electron chi connectivity index (χ0n) is 13.3. The zero-order valence-corrected chi connectivity index (χ0v) is 13.3. The second-order valence-electron chi connectivity index (χ2n) is 6.14. The van der Waals surface area contributed by atoms with Gasteiger partial charge in [-0.2, -0.15) is 0 Å². The summed E-state index contributed by atoms with van der Waals surface area (Å²) >= 11 is 0. The molecule has 0 radical (unpaired) electrons. The quantitative estimate of drug-likeness (QED) is 0.880. The molecule has 4 nitrogen and oxygen atoms in total. The Bertz CT molecular complexity index is 570. The number of para-hydroxylation sites is 1. The smallest absolute Gasteiger partial charge is 0.174 e. The van der Waals surface area contributed by atoms with Crippen LogP contribution < -0.4 is 10.1 Å². The Balaban J connectivity index is 1.91. The molecule has 0 aliphatic heterocycles. The van der Waals surface area contributed by atoms with Gasteiger partial charge in [-0.15, -0.1) is 0 Å². The predicted octanol–water partition coefficient (Wildman–Crippen LogP) is 3.70. The number of benzene rings is 1. The third-order valence-electron chi connectivity index (χ3n) is 3.13. The molecule has 0 saturated heterocycles. The summed E-state index contributed by atoms with van der Waals surface area (Å²) in [5, 5.41) is 7.44. The maximum absolute atomic E-state index is 5.82. The van der Waals surface area contributed by atoms with Crippen LogP contribution in [0.3, 0.4) is 0 Å². The first-order chi connectivity index (χ1) is 9.98. The van der Waals surface area contributed by atoms with E-state index in [0.29, 0.717) is 13.2 Å². The Labute approximate surface area is 126 Å². The Morgan fingerprint density at radius 2 is 2.00 bits per heavy atom. The number of hydrogen-bond donors (Lipinski definition) is 1. The van der Waals surface area contributed by atoms with Crippen LogP contribution >= 0.6 is 0 Å². The van der Waals surface area contributed by atoms with Gasteiger partial charge in [-0.3, -0.25) is 0 Å². The number of nitrogens with one attached hydrogen (secondary N) is 1. The van der Waals surface area contributed by atoms with Crippen molar-refractivity contribution in [3.63, 3.8) is 0 Å². The van der Waals surface area contributed by atoms with Crippen molar-refractivity contribution in [2.45, 2.75) is 52.8 Å². The molecule has 0 spiro atoms. The monoisotopic (exact) mass is 288 g/mol. The van der Waals surface area contributed by atoms with Gasteiger partial charge in [-0.05, 0) is 38.8 Å². The molecule has 0 bridgehead atoms. The lowest BCUT2D eigenvalue weighted by atomic mass is 10.1. The van der Waals surface area contributed by atoms with Gasteiger partial charge in [0.25, 0.3) is 0 Å². The van der Waals surface area contributed by atoms with E-state index in [0.717, 1.165) is 23.6 Å². The Kier molecular flexibility index (Phi) is 5.02. The van der Waals surface area contributed by atoms with Gasteiger partial charge >= 0.3 is 0 Å². The van der Waals surface area contributed by atoms with E-state index in [-0.39, 0.29) is 5.54 Å². The van der Waals surface area contributed by atoms with E-state index in [1.54, 1.807) is 0 Å². The van der Waals surface area contributed by atoms with Crippen LogP contribution in [0, 0.1) is 0 Å². The highest BCUT2D eigenvalue weighted by Gasteiger charge is 2.11. The summed E-state index contributed by atoms with van der Waals surface area (Å²) in [7, 11) is 0. The van der Waals surface area contributed by atoms with Gasteiger partial charge in [0.2, 0.25) is 0 Å². The van der Waals surface area contributed by atoms with E-state index in [1.165, 1.54) is 5.56 Å². The van der Waals surface area contributed by atoms with Gasteiger partial charge in [0.05, 0.1) is 5.69 Å². The van der Waals surface area contributed by atoms with Gasteiger partial charge in [0.15, 0.2) is 5.76 Å². The second kappa shape index (κ2) is 6.76. The minimum atomic E-state index is 0.0652. The minimum Gasteiger partial charge on any atom is -0.485 e. The molecule has 114 valence electrons. The summed E-state index contributed by atoms with van der Waals surface area (Å²) < 4.78 is 11.1. The van der Waals surface area contributed by atoms with Crippen LogP contribution in [0.4, 0.5) is 0 Å². The first-order valence-electron chi connectivity index (χ1n) is 7.38. The van der Waals surface area contributed by atoms with E-state index in [2.05, 4.69) is 44.2 Å². The third-order valence-corrected chi connectivity index (χ3v) is 3.13. The highest BCUT2D eigenvalue weighted by Crippen LogP contribution is 2.20. The van der Waals surface area contributed by atoms with Crippen LogP contribution in [0.5, 0.6) is 5.75 Å². The molecule has 0 atom stereocenters. The summed E-state index contributed by atoms with van der Waals surface area (Å²) in [4.78, 5) is 0. The van der Waals surface area contributed by atoms with Gasteiger partial charge in [0, 0.05) is 18.2 Å². The molecule has 2 rings (SSSR count). The van der Waals surface area contributed by atoms with Crippen molar-refractivity contribution in [2.75, 3.05) is 0 Å². The first kappa shape index (κ1) is 15.6. The Morgan fingerprint density at radius 3 is 2.71 bits per heavy atom. The molecule has 0 amide bonds. The number of aryl methyl sites for hydroxylation is 1. The van der Waals surface area contributed by atoms with Crippen molar-refractivity contribution in [3.8, 4) is 5.75 Å². The fourth-order valence-electron chi connectivity index (χ4n) is 1.95. The van der Waals surface area contributed by atoms with Gasteiger partial charge in [-0.25, -0.2) is 0 Å². The fraction of sp³-hybridized carbons (Fsp3) is 0.471. The molecule has 1 heterocycles. The molecule has 0 unspecified atom stereocenters. The topological polar surface area (TPSA) is 47.3 Å². The van der Waals surface area contributed by atoms with Crippen molar-refractivity contribution < 1.29 is 9.26 Å². The average molecular weight is 288 g/mol. The van der Waals surface area contributed by atoms with Crippen LogP contribution in [0.2, 0.25) is 0 Å². The molecule has 0 aliphatic carbocycles. The average Bonchev–Trinajstić information content (AvgIpc) is 2.90. The molecule has 2 aromatic rings. The fourth-order valence-corrected chi connectivity index (χ4v) is 1.95. The summed E-state index contributed by atoms with van der Waals surface area (Å²) in [6, 6.07) is 10.0. The zero-order chi connectivity index (χ0) is 15.3. The Hall–Kier alpha value is -1.81. The second-order valence-corrected chi connectivity index (χ2v) is 6.14. The van der Waals surface area contributed by atoms with Crippen LogP contribution in [0.15, 0.2) is 34.9 Å². The third kappa shape index (κ3) is 4.90.